The van der Waals surface area contributed by atoms with Gasteiger partial charge in [0.05, 0.1) is 0 Å². The molecule has 11 heavy (non-hydrogen) atoms. The smallest absolute Gasteiger partial charge is 0.221 e. The Morgan fingerprint density at radius 2 is 1.82 bits per heavy atom. The summed E-state index contributed by atoms with van der Waals surface area (Å²) in [4.78, 5) is 11.0. The lowest BCUT2D eigenvalue weighted by Crippen LogP contribution is -2.44. The molecule has 0 aromatic carbocycles. The van der Waals surface area contributed by atoms with Crippen LogP contribution in [0.5, 0.6) is 0 Å². The number of hydrogen-bond acceptors (Lipinski definition) is 2. The van der Waals surface area contributed by atoms with Crippen LogP contribution < -0.4 is 11.1 Å². The second-order valence-electron chi connectivity index (χ2n) is 3.68. The lowest BCUT2D eigenvalue weighted by atomic mass is 9.86. The molecule has 1 saturated carbocycles. The van der Waals surface area contributed by atoms with Crippen LogP contribution >= 0.6 is 0 Å². The third-order valence-electron chi connectivity index (χ3n) is 3.07. The Hall–Kier alpha value is -0.570. The lowest BCUT2D eigenvalue weighted by Gasteiger charge is -2.27. The van der Waals surface area contributed by atoms with Crippen molar-refractivity contribution in [3.8, 4) is 0 Å². The molecule has 3 nitrogen and oxygen atoms in total. The fourth-order valence-corrected chi connectivity index (χ4v) is 2.55. The van der Waals surface area contributed by atoms with Crippen molar-refractivity contribution in [3.63, 3.8) is 0 Å². The summed E-state index contributed by atoms with van der Waals surface area (Å²) in [6, 6.07) is 0. The van der Waals surface area contributed by atoms with Gasteiger partial charge < -0.3 is 11.1 Å². The summed E-state index contributed by atoms with van der Waals surface area (Å²) in [6.07, 6.45) is 2.37. The van der Waals surface area contributed by atoms with Gasteiger partial charge in [-0.1, -0.05) is 0 Å². The number of nitrogens with two attached hydrogens (primary N) is 1. The molecule has 2 rings (SSSR count). The standard InChI is InChI=1S/C8H14N2O/c9-8(11)7-5-1-2-6(7)4-10-3-5/h5-7,10H,1-4H2,(H2,9,11). The molecule has 1 aliphatic carbocycles. The fourth-order valence-electron chi connectivity index (χ4n) is 2.55. The van der Waals surface area contributed by atoms with E-state index in [1.807, 2.05) is 0 Å². The Morgan fingerprint density at radius 3 is 2.18 bits per heavy atom. The van der Waals surface area contributed by atoms with E-state index in [4.69, 9.17) is 5.73 Å². The lowest BCUT2D eigenvalue weighted by molar-refractivity contribution is -0.124. The SMILES string of the molecule is NC(=O)C1C2CCC1CNC2. The summed E-state index contributed by atoms with van der Waals surface area (Å²) in [5.41, 5.74) is 5.32. The molecule has 2 unspecified atom stereocenters. The first-order chi connectivity index (χ1) is 5.29. The Morgan fingerprint density at radius 1 is 1.27 bits per heavy atom. The zero-order valence-corrected chi connectivity index (χ0v) is 6.55. The second-order valence-corrected chi connectivity index (χ2v) is 3.68. The van der Waals surface area contributed by atoms with Crippen molar-refractivity contribution in [1.82, 2.24) is 5.32 Å². The minimum Gasteiger partial charge on any atom is -0.369 e. The van der Waals surface area contributed by atoms with E-state index in [0.29, 0.717) is 11.8 Å². The normalized spacial score (nSPS) is 42.4. The average Bonchev–Trinajstić information content (AvgIpc) is 2.23. The zero-order chi connectivity index (χ0) is 7.84. The Balaban J connectivity index is 2.15. The van der Waals surface area contributed by atoms with Crippen LogP contribution in [-0.4, -0.2) is 19.0 Å². The minimum absolute atomic E-state index is 0.0843. The Labute approximate surface area is 66.3 Å². The maximum Gasteiger partial charge on any atom is 0.221 e. The highest BCUT2D eigenvalue weighted by Gasteiger charge is 2.41. The van der Waals surface area contributed by atoms with Gasteiger partial charge in [0.15, 0.2) is 0 Å². The monoisotopic (exact) mass is 154 g/mol. The van der Waals surface area contributed by atoms with E-state index in [1.165, 1.54) is 12.8 Å². The van der Waals surface area contributed by atoms with Crippen molar-refractivity contribution in [2.24, 2.45) is 23.5 Å². The molecule has 3 N–H and O–H groups in total. The first-order valence-electron chi connectivity index (χ1n) is 4.29. The van der Waals surface area contributed by atoms with Crippen LogP contribution in [-0.2, 0) is 4.79 Å². The van der Waals surface area contributed by atoms with Crippen molar-refractivity contribution in [3.05, 3.63) is 0 Å². The van der Waals surface area contributed by atoms with Crippen molar-refractivity contribution in [2.75, 3.05) is 13.1 Å². The van der Waals surface area contributed by atoms with Gasteiger partial charge in [-0.3, -0.25) is 4.79 Å². The highest BCUT2D eigenvalue weighted by Crippen LogP contribution is 2.38. The molecule has 1 amide bonds. The third kappa shape index (κ3) is 1.03. The summed E-state index contributed by atoms with van der Waals surface area (Å²) in [7, 11) is 0. The van der Waals surface area contributed by atoms with Crippen LogP contribution in [0.3, 0.4) is 0 Å². The van der Waals surface area contributed by atoms with Gasteiger partial charge in [0.1, 0.15) is 0 Å². The fraction of sp³-hybridized carbons (Fsp3) is 0.875. The van der Waals surface area contributed by atoms with E-state index < -0.39 is 0 Å². The Kier molecular flexibility index (Phi) is 1.60. The van der Waals surface area contributed by atoms with Crippen LogP contribution in [0.25, 0.3) is 0 Å². The highest BCUT2D eigenvalue weighted by molar-refractivity contribution is 5.77. The van der Waals surface area contributed by atoms with Crippen LogP contribution in [0.15, 0.2) is 0 Å². The molecule has 3 heteroatoms. The van der Waals surface area contributed by atoms with Gasteiger partial charge in [0.25, 0.3) is 0 Å². The summed E-state index contributed by atoms with van der Waals surface area (Å²) in [5.74, 6) is 1.16. The molecule has 2 atom stereocenters. The zero-order valence-electron chi connectivity index (χ0n) is 6.55. The van der Waals surface area contributed by atoms with Crippen LogP contribution in [0, 0.1) is 17.8 Å². The molecule has 62 valence electrons. The number of nitrogens with one attached hydrogen (secondary N) is 1. The molecule has 2 fully saturated rings. The van der Waals surface area contributed by atoms with E-state index in [-0.39, 0.29) is 11.8 Å². The summed E-state index contributed by atoms with van der Waals surface area (Å²) >= 11 is 0. The summed E-state index contributed by atoms with van der Waals surface area (Å²) < 4.78 is 0. The summed E-state index contributed by atoms with van der Waals surface area (Å²) in [6.45, 7) is 1.98. The van der Waals surface area contributed by atoms with Gasteiger partial charge in [-0.15, -0.1) is 0 Å². The minimum atomic E-state index is -0.0843. The van der Waals surface area contributed by atoms with E-state index in [2.05, 4.69) is 5.32 Å². The number of carbonyl (C=O) groups excluding carboxylic acids is 1. The van der Waals surface area contributed by atoms with Gasteiger partial charge in [-0.05, 0) is 37.8 Å². The Bertz CT molecular complexity index is 165. The van der Waals surface area contributed by atoms with Gasteiger partial charge in [-0.2, -0.15) is 0 Å². The quantitative estimate of drug-likeness (QED) is 0.545. The molecule has 2 aliphatic rings. The molecular formula is C8H14N2O. The number of fused-ring (bicyclic) bond motifs is 2. The molecule has 1 saturated heterocycles. The van der Waals surface area contributed by atoms with E-state index >= 15 is 0 Å². The molecule has 2 bridgehead atoms. The topological polar surface area (TPSA) is 55.1 Å². The van der Waals surface area contributed by atoms with Gasteiger partial charge in [0, 0.05) is 5.92 Å². The first-order valence-corrected chi connectivity index (χ1v) is 4.29. The molecular weight excluding hydrogens is 140 g/mol. The summed E-state index contributed by atoms with van der Waals surface area (Å²) in [5, 5.41) is 3.32. The molecule has 0 spiro atoms. The number of amides is 1. The molecule has 0 aromatic rings. The van der Waals surface area contributed by atoms with Gasteiger partial charge in [0.2, 0.25) is 5.91 Å². The van der Waals surface area contributed by atoms with Crippen molar-refractivity contribution < 1.29 is 4.79 Å². The maximum atomic E-state index is 11.0. The second kappa shape index (κ2) is 2.48. The predicted molar refractivity (Wildman–Crippen MR) is 41.8 cm³/mol. The molecule has 1 heterocycles. The molecule has 0 radical (unpaired) electrons. The van der Waals surface area contributed by atoms with E-state index in [9.17, 15) is 4.79 Å². The van der Waals surface area contributed by atoms with Gasteiger partial charge >= 0.3 is 0 Å². The number of carbonyl (C=O) groups is 1. The average molecular weight is 154 g/mol. The number of primary amides is 1. The largest absolute Gasteiger partial charge is 0.369 e. The van der Waals surface area contributed by atoms with E-state index in [1.54, 1.807) is 0 Å². The maximum absolute atomic E-state index is 11.0. The third-order valence-corrected chi connectivity index (χ3v) is 3.07. The number of rotatable bonds is 1. The van der Waals surface area contributed by atoms with Crippen molar-refractivity contribution in [2.45, 2.75) is 12.8 Å². The first kappa shape index (κ1) is 7.10. The van der Waals surface area contributed by atoms with Crippen molar-refractivity contribution >= 4 is 5.91 Å². The van der Waals surface area contributed by atoms with Crippen molar-refractivity contribution in [1.29, 1.82) is 0 Å². The molecule has 1 aliphatic heterocycles. The van der Waals surface area contributed by atoms with Gasteiger partial charge in [-0.25, -0.2) is 0 Å². The highest BCUT2D eigenvalue weighted by atomic mass is 16.1. The van der Waals surface area contributed by atoms with Crippen LogP contribution in [0.4, 0.5) is 0 Å². The number of piperidine rings is 1. The van der Waals surface area contributed by atoms with Crippen LogP contribution in [0.1, 0.15) is 12.8 Å². The van der Waals surface area contributed by atoms with E-state index in [0.717, 1.165) is 13.1 Å². The van der Waals surface area contributed by atoms with Crippen LogP contribution in [0.2, 0.25) is 0 Å². The molecule has 0 aromatic heterocycles. The number of hydrogen-bond donors (Lipinski definition) is 2. The predicted octanol–water partition coefficient (Wildman–Crippen LogP) is -0.283.